The zero-order valence-corrected chi connectivity index (χ0v) is 14.9. The molecule has 1 heterocycles. The fourth-order valence-electron chi connectivity index (χ4n) is 3.07. The molecular formula is C20H21NO5. The van der Waals surface area contributed by atoms with Crippen LogP contribution in [0.3, 0.4) is 0 Å². The van der Waals surface area contributed by atoms with E-state index in [-0.39, 0.29) is 17.3 Å². The van der Waals surface area contributed by atoms with Gasteiger partial charge in [0, 0.05) is 18.7 Å². The summed E-state index contributed by atoms with van der Waals surface area (Å²) in [6.45, 7) is 7.36. The Morgan fingerprint density at radius 2 is 1.69 bits per heavy atom. The SMILES string of the molecule is CCN(CC)c1cc(C)cc2c(=O)c(O)c(-c3ccc(O)c(O)c3)oc12. The van der Waals surface area contributed by atoms with Crippen LogP contribution >= 0.6 is 0 Å². The lowest BCUT2D eigenvalue weighted by atomic mass is 10.1. The van der Waals surface area contributed by atoms with E-state index in [0.29, 0.717) is 16.5 Å². The molecule has 0 atom stereocenters. The van der Waals surface area contributed by atoms with Crippen molar-refractivity contribution in [2.24, 2.45) is 0 Å². The van der Waals surface area contributed by atoms with Crippen molar-refractivity contribution >= 4 is 16.7 Å². The number of fused-ring (bicyclic) bond motifs is 1. The van der Waals surface area contributed by atoms with E-state index >= 15 is 0 Å². The van der Waals surface area contributed by atoms with Gasteiger partial charge in [-0.15, -0.1) is 0 Å². The topological polar surface area (TPSA) is 94.1 Å². The monoisotopic (exact) mass is 355 g/mol. The average molecular weight is 355 g/mol. The summed E-state index contributed by atoms with van der Waals surface area (Å²) >= 11 is 0. The number of nitrogens with zero attached hydrogens (tertiary/aromatic N) is 1. The molecule has 0 amide bonds. The molecule has 6 nitrogen and oxygen atoms in total. The standard InChI is InChI=1S/C20H21NO5/c1-4-21(5-2)14-9-11(3)8-13-17(24)18(25)19(26-20(13)14)12-6-7-15(22)16(23)10-12/h6-10,22-23,25H,4-5H2,1-3H3. The Morgan fingerprint density at radius 3 is 2.31 bits per heavy atom. The Balaban J connectivity index is 2.37. The van der Waals surface area contributed by atoms with Gasteiger partial charge >= 0.3 is 0 Å². The minimum absolute atomic E-state index is 0.0462. The van der Waals surface area contributed by atoms with Crippen LogP contribution in [0.5, 0.6) is 17.2 Å². The van der Waals surface area contributed by atoms with Gasteiger partial charge in [0.2, 0.25) is 11.2 Å². The smallest absolute Gasteiger partial charge is 0.235 e. The Morgan fingerprint density at radius 1 is 1.00 bits per heavy atom. The first kappa shape index (κ1) is 17.7. The van der Waals surface area contributed by atoms with E-state index in [1.54, 1.807) is 6.07 Å². The highest BCUT2D eigenvalue weighted by Gasteiger charge is 2.20. The molecule has 136 valence electrons. The van der Waals surface area contributed by atoms with Crippen LogP contribution in [0.1, 0.15) is 19.4 Å². The summed E-state index contributed by atoms with van der Waals surface area (Å²) in [7, 11) is 0. The Kier molecular flexibility index (Phi) is 4.50. The highest BCUT2D eigenvalue weighted by atomic mass is 16.4. The molecule has 0 radical (unpaired) electrons. The summed E-state index contributed by atoms with van der Waals surface area (Å²) in [5, 5.41) is 29.9. The molecular weight excluding hydrogens is 334 g/mol. The van der Waals surface area contributed by atoms with Crippen molar-refractivity contribution in [2.75, 3.05) is 18.0 Å². The number of aryl methyl sites for hydroxylation is 1. The lowest BCUT2D eigenvalue weighted by Crippen LogP contribution is -2.22. The summed E-state index contributed by atoms with van der Waals surface area (Å²) in [5.41, 5.74) is 1.80. The lowest BCUT2D eigenvalue weighted by molar-refractivity contribution is 0.403. The van der Waals surface area contributed by atoms with Crippen molar-refractivity contribution in [1.82, 2.24) is 0 Å². The molecule has 26 heavy (non-hydrogen) atoms. The van der Waals surface area contributed by atoms with E-state index in [0.717, 1.165) is 24.3 Å². The first-order valence-corrected chi connectivity index (χ1v) is 8.45. The van der Waals surface area contributed by atoms with Crippen molar-refractivity contribution in [2.45, 2.75) is 20.8 Å². The van der Waals surface area contributed by atoms with E-state index in [4.69, 9.17) is 4.42 Å². The van der Waals surface area contributed by atoms with Crippen LogP contribution in [0.2, 0.25) is 0 Å². The summed E-state index contributed by atoms with van der Waals surface area (Å²) in [6.07, 6.45) is 0. The van der Waals surface area contributed by atoms with Gasteiger partial charge in [-0.3, -0.25) is 4.79 Å². The molecule has 3 N–H and O–H groups in total. The molecule has 3 rings (SSSR count). The number of rotatable bonds is 4. The van der Waals surface area contributed by atoms with Crippen molar-refractivity contribution < 1.29 is 19.7 Å². The van der Waals surface area contributed by atoms with Gasteiger partial charge in [0.05, 0.1) is 11.1 Å². The Hall–Kier alpha value is -3.15. The minimum Gasteiger partial charge on any atom is -0.504 e. The van der Waals surface area contributed by atoms with Crippen LogP contribution in [0, 0.1) is 6.92 Å². The van der Waals surface area contributed by atoms with E-state index in [1.165, 1.54) is 18.2 Å². The molecule has 0 saturated heterocycles. The van der Waals surface area contributed by atoms with Crippen LogP contribution in [0.15, 0.2) is 39.5 Å². The molecule has 6 heteroatoms. The van der Waals surface area contributed by atoms with Crippen molar-refractivity contribution in [1.29, 1.82) is 0 Å². The largest absolute Gasteiger partial charge is 0.504 e. The van der Waals surface area contributed by atoms with E-state index < -0.39 is 11.2 Å². The van der Waals surface area contributed by atoms with Gasteiger partial charge < -0.3 is 24.6 Å². The van der Waals surface area contributed by atoms with Gasteiger partial charge in [-0.25, -0.2) is 0 Å². The summed E-state index contributed by atoms with van der Waals surface area (Å²) in [5.74, 6) is -1.23. The zero-order valence-electron chi connectivity index (χ0n) is 14.9. The number of hydrogen-bond acceptors (Lipinski definition) is 6. The highest BCUT2D eigenvalue weighted by molar-refractivity contribution is 5.92. The number of phenolic OH excluding ortho intramolecular Hbond substituents is 2. The summed E-state index contributed by atoms with van der Waals surface area (Å²) in [4.78, 5) is 14.8. The second-order valence-electron chi connectivity index (χ2n) is 6.15. The molecule has 0 aliphatic carbocycles. The van der Waals surface area contributed by atoms with Crippen molar-refractivity contribution in [3.63, 3.8) is 0 Å². The normalized spacial score (nSPS) is 11.0. The maximum atomic E-state index is 12.7. The van der Waals surface area contributed by atoms with Crippen LogP contribution in [-0.4, -0.2) is 28.4 Å². The molecule has 0 spiro atoms. The van der Waals surface area contributed by atoms with Crippen molar-refractivity contribution in [3.05, 3.63) is 46.1 Å². The first-order chi connectivity index (χ1) is 12.4. The molecule has 0 aliphatic rings. The van der Waals surface area contributed by atoms with Crippen LogP contribution in [-0.2, 0) is 0 Å². The fraction of sp³-hybridized carbons (Fsp3) is 0.250. The van der Waals surface area contributed by atoms with Gasteiger partial charge in [0.15, 0.2) is 22.8 Å². The summed E-state index contributed by atoms with van der Waals surface area (Å²) < 4.78 is 5.94. The number of aromatic hydroxyl groups is 3. The molecule has 0 unspecified atom stereocenters. The molecule has 0 saturated carbocycles. The van der Waals surface area contributed by atoms with Gasteiger partial charge in [-0.05, 0) is 56.7 Å². The van der Waals surface area contributed by atoms with E-state index in [9.17, 15) is 20.1 Å². The second kappa shape index (κ2) is 6.63. The maximum absolute atomic E-state index is 12.7. The van der Waals surface area contributed by atoms with E-state index in [1.807, 2.05) is 26.8 Å². The maximum Gasteiger partial charge on any atom is 0.235 e. The lowest BCUT2D eigenvalue weighted by Gasteiger charge is -2.23. The Labute approximate surface area is 150 Å². The third-order valence-electron chi connectivity index (χ3n) is 4.43. The average Bonchev–Trinajstić information content (AvgIpc) is 2.62. The third-order valence-corrected chi connectivity index (χ3v) is 4.43. The molecule has 0 aliphatic heterocycles. The molecule has 0 fully saturated rings. The van der Waals surface area contributed by atoms with Gasteiger partial charge in [0.25, 0.3) is 0 Å². The quantitative estimate of drug-likeness (QED) is 0.617. The highest BCUT2D eigenvalue weighted by Crippen LogP contribution is 2.37. The van der Waals surface area contributed by atoms with Crippen LogP contribution in [0.4, 0.5) is 5.69 Å². The third kappa shape index (κ3) is 2.83. The zero-order chi connectivity index (χ0) is 19.0. The second-order valence-corrected chi connectivity index (χ2v) is 6.15. The van der Waals surface area contributed by atoms with Gasteiger partial charge in [-0.2, -0.15) is 0 Å². The van der Waals surface area contributed by atoms with E-state index in [2.05, 4.69) is 4.90 Å². The van der Waals surface area contributed by atoms with Crippen LogP contribution < -0.4 is 10.3 Å². The fourth-order valence-corrected chi connectivity index (χ4v) is 3.07. The number of hydrogen-bond donors (Lipinski definition) is 3. The molecule has 3 aromatic rings. The molecule has 2 aromatic carbocycles. The molecule has 0 bridgehead atoms. The predicted molar refractivity (Wildman–Crippen MR) is 101 cm³/mol. The van der Waals surface area contributed by atoms with Gasteiger partial charge in [-0.1, -0.05) is 0 Å². The predicted octanol–water partition coefficient (Wildman–Crippen LogP) is 3.73. The minimum atomic E-state index is -0.536. The Bertz CT molecular complexity index is 1030. The van der Waals surface area contributed by atoms with Crippen LogP contribution in [0.25, 0.3) is 22.3 Å². The van der Waals surface area contributed by atoms with Gasteiger partial charge in [0.1, 0.15) is 0 Å². The first-order valence-electron chi connectivity index (χ1n) is 8.45. The number of benzene rings is 2. The molecule has 1 aromatic heterocycles. The number of anilines is 1. The number of phenols is 2. The van der Waals surface area contributed by atoms with Crippen molar-refractivity contribution in [3.8, 4) is 28.6 Å². The summed E-state index contributed by atoms with van der Waals surface area (Å²) in [6, 6.07) is 7.60.